The van der Waals surface area contributed by atoms with Crippen molar-refractivity contribution in [3.05, 3.63) is 69.9 Å². The van der Waals surface area contributed by atoms with Gasteiger partial charge in [0.05, 0.1) is 9.82 Å². The average molecular weight is 402 g/mol. The molecule has 0 radical (unpaired) electrons. The van der Waals surface area contributed by atoms with Crippen LogP contribution in [0.25, 0.3) is 0 Å². The topological polar surface area (TPSA) is 116 Å². The Morgan fingerprint density at radius 2 is 1.68 bits per heavy atom. The molecule has 0 unspecified atom stereocenters. The van der Waals surface area contributed by atoms with Gasteiger partial charge in [0.1, 0.15) is 11.4 Å². The summed E-state index contributed by atoms with van der Waals surface area (Å²) in [4.78, 5) is 10.8. The van der Waals surface area contributed by atoms with Crippen LogP contribution in [0.15, 0.2) is 53.4 Å². The van der Waals surface area contributed by atoms with Crippen LogP contribution in [0.5, 0.6) is 11.6 Å². The molecule has 0 saturated carbocycles. The zero-order chi connectivity index (χ0) is 20.5. The number of nitrogens with zero attached hydrogens (tertiary/aromatic N) is 3. The molecule has 10 heteroatoms. The van der Waals surface area contributed by atoms with Gasteiger partial charge in [-0.15, -0.1) is 0 Å². The minimum atomic E-state index is -3.72. The highest BCUT2D eigenvalue weighted by atomic mass is 32.2. The molecule has 0 fully saturated rings. The first kappa shape index (κ1) is 19.4. The molecule has 1 aromatic heterocycles. The summed E-state index contributed by atoms with van der Waals surface area (Å²) in [7, 11) is -2.18. The molecule has 2 aromatic carbocycles. The number of nitro groups is 1. The van der Waals surface area contributed by atoms with Crippen molar-refractivity contribution < 1.29 is 18.1 Å². The van der Waals surface area contributed by atoms with Gasteiger partial charge in [0.2, 0.25) is 0 Å². The van der Waals surface area contributed by atoms with Gasteiger partial charge in [0.15, 0.2) is 0 Å². The molecule has 0 aliphatic rings. The Morgan fingerprint density at radius 3 is 2.25 bits per heavy atom. The molecule has 3 rings (SSSR count). The van der Waals surface area contributed by atoms with Gasteiger partial charge in [-0.25, -0.2) is 13.1 Å². The SMILES string of the molecule is Cc1ccc(S(=O)(=O)Nc2ccc(Oc3c([N+](=O)[O-])c(C)nn3C)cc2)cc1. The van der Waals surface area contributed by atoms with E-state index in [0.717, 1.165) is 5.56 Å². The lowest BCUT2D eigenvalue weighted by atomic mass is 10.2. The molecule has 0 amide bonds. The van der Waals surface area contributed by atoms with Gasteiger partial charge in [-0.3, -0.25) is 14.8 Å². The summed E-state index contributed by atoms with van der Waals surface area (Å²) < 4.78 is 34.2. The van der Waals surface area contributed by atoms with Crippen molar-refractivity contribution in [2.24, 2.45) is 7.05 Å². The average Bonchev–Trinajstić information content (AvgIpc) is 2.90. The number of hydrogen-bond acceptors (Lipinski definition) is 6. The smallest absolute Gasteiger partial charge is 0.353 e. The quantitative estimate of drug-likeness (QED) is 0.498. The number of ether oxygens (including phenoxy) is 1. The molecule has 0 aliphatic heterocycles. The summed E-state index contributed by atoms with van der Waals surface area (Å²) in [5.41, 5.74) is 1.32. The van der Waals surface area contributed by atoms with E-state index in [-0.39, 0.29) is 22.2 Å². The molecular weight excluding hydrogens is 384 g/mol. The fourth-order valence-electron chi connectivity index (χ4n) is 2.58. The van der Waals surface area contributed by atoms with Crippen LogP contribution in [-0.4, -0.2) is 23.1 Å². The Kier molecular flexibility index (Phi) is 5.06. The fourth-order valence-corrected chi connectivity index (χ4v) is 3.64. The summed E-state index contributed by atoms with van der Waals surface area (Å²) in [6.07, 6.45) is 0. The van der Waals surface area contributed by atoms with E-state index in [1.165, 1.54) is 48.0 Å². The lowest BCUT2D eigenvalue weighted by Crippen LogP contribution is -2.12. The van der Waals surface area contributed by atoms with E-state index in [9.17, 15) is 18.5 Å². The van der Waals surface area contributed by atoms with Crippen molar-refractivity contribution in [3.63, 3.8) is 0 Å². The predicted molar refractivity (Wildman–Crippen MR) is 103 cm³/mol. The van der Waals surface area contributed by atoms with Crippen LogP contribution in [0.1, 0.15) is 11.3 Å². The maximum Gasteiger partial charge on any atom is 0.353 e. The summed E-state index contributed by atoms with van der Waals surface area (Å²) in [6, 6.07) is 12.5. The zero-order valence-electron chi connectivity index (χ0n) is 15.4. The normalized spacial score (nSPS) is 11.2. The number of rotatable bonds is 6. The monoisotopic (exact) mass is 402 g/mol. The molecule has 1 N–H and O–H groups in total. The lowest BCUT2D eigenvalue weighted by molar-refractivity contribution is -0.386. The third-order valence-corrected chi connectivity index (χ3v) is 5.37. The first-order valence-corrected chi connectivity index (χ1v) is 9.71. The molecule has 146 valence electrons. The molecule has 28 heavy (non-hydrogen) atoms. The molecule has 9 nitrogen and oxygen atoms in total. The fraction of sp³-hybridized carbons (Fsp3) is 0.167. The minimum absolute atomic E-state index is 0.00418. The Hall–Kier alpha value is -3.40. The standard InChI is InChI=1S/C18H18N4O5S/c1-12-4-10-16(11-5-12)28(25,26)20-14-6-8-15(9-7-14)27-18-17(22(23)24)13(2)19-21(18)3/h4-11,20H,1-3H3. The molecule has 0 bridgehead atoms. The third-order valence-electron chi connectivity index (χ3n) is 3.97. The molecule has 0 saturated heterocycles. The number of anilines is 1. The van der Waals surface area contributed by atoms with Crippen LogP contribution in [-0.2, 0) is 17.1 Å². The van der Waals surface area contributed by atoms with E-state index in [4.69, 9.17) is 4.74 Å². The second kappa shape index (κ2) is 7.31. The number of benzene rings is 2. The van der Waals surface area contributed by atoms with E-state index in [2.05, 4.69) is 9.82 Å². The first-order chi connectivity index (χ1) is 13.2. The third kappa shape index (κ3) is 3.96. The number of aromatic nitrogens is 2. The molecular formula is C18H18N4O5S. The van der Waals surface area contributed by atoms with E-state index in [0.29, 0.717) is 11.4 Å². The van der Waals surface area contributed by atoms with Crippen molar-refractivity contribution in [3.8, 4) is 11.6 Å². The minimum Gasteiger partial charge on any atom is -0.434 e. The van der Waals surface area contributed by atoms with Gasteiger partial charge >= 0.3 is 5.69 Å². The number of nitrogens with one attached hydrogen (secondary N) is 1. The van der Waals surface area contributed by atoms with E-state index in [1.54, 1.807) is 19.2 Å². The highest BCUT2D eigenvalue weighted by Crippen LogP contribution is 2.33. The molecule has 3 aromatic rings. The summed E-state index contributed by atoms with van der Waals surface area (Å²) in [5.74, 6) is 0.305. The van der Waals surface area contributed by atoms with Crippen molar-refractivity contribution in [1.82, 2.24) is 9.78 Å². The molecule has 0 atom stereocenters. The van der Waals surface area contributed by atoms with E-state index >= 15 is 0 Å². The largest absolute Gasteiger partial charge is 0.434 e. The second-order valence-corrected chi connectivity index (χ2v) is 7.85. The van der Waals surface area contributed by atoms with Gasteiger partial charge in [0.25, 0.3) is 15.9 Å². The first-order valence-electron chi connectivity index (χ1n) is 8.23. The number of hydrogen-bond donors (Lipinski definition) is 1. The second-order valence-electron chi connectivity index (χ2n) is 6.16. The Morgan fingerprint density at radius 1 is 1.07 bits per heavy atom. The Labute approximate surface area is 161 Å². The van der Waals surface area contributed by atoms with Gasteiger partial charge in [-0.05, 0) is 50.2 Å². The van der Waals surface area contributed by atoms with Gasteiger partial charge < -0.3 is 4.74 Å². The predicted octanol–water partition coefficient (Wildman–Crippen LogP) is 3.54. The van der Waals surface area contributed by atoms with E-state index < -0.39 is 14.9 Å². The molecule has 0 spiro atoms. The van der Waals surface area contributed by atoms with E-state index in [1.807, 2.05) is 6.92 Å². The van der Waals surface area contributed by atoms with Gasteiger partial charge in [-0.2, -0.15) is 5.10 Å². The lowest BCUT2D eigenvalue weighted by Gasteiger charge is -2.10. The zero-order valence-corrected chi connectivity index (χ0v) is 16.2. The Balaban J connectivity index is 1.79. The number of aryl methyl sites for hydroxylation is 3. The van der Waals surface area contributed by atoms with Crippen LogP contribution >= 0.6 is 0 Å². The maximum absolute atomic E-state index is 12.4. The van der Waals surface area contributed by atoms with Crippen LogP contribution in [0.3, 0.4) is 0 Å². The van der Waals surface area contributed by atoms with Crippen molar-refractivity contribution in [1.29, 1.82) is 0 Å². The summed E-state index contributed by atoms with van der Waals surface area (Å²) in [6.45, 7) is 3.39. The van der Waals surface area contributed by atoms with Crippen LogP contribution < -0.4 is 9.46 Å². The highest BCUT2D eigenvalue weighted by Gasteiger charge is 2.26. The van der Waals surface area contributed by atoms with Crippen LogP contribution in [0.4, 0.5) is 11.4 Å². The van der Waals surface area contributed by atoms with Crippen molar-refractivity contribution in [2.75, 3.05) is 4.72 Å². The summed E-state index contributed by atoms with van der Waals surface area (Å²) in [5, 5.41) is 15.2. The Bertz CT molecular complexity index is 1120. The number of sulfonamides is 1. The molecule has 0 aliphatic carbocycles. The van der Waals surface area contributed by atoms with Crippen molar-refractivity contribution in [2.45, 2.75) is 18.7 Å². The van der Waals surface area contributed by atoms with Gasteiger partial charge in [-0.1, -0.05) is 17.7 Å². The molecule has 1 heterocycles. The van der Waals surface area contributed by atoms with Crippen LogP contribution in [0, 0.1) is 24.0 Å². The van der Waals surface area contributed by atoms with Crippen molar-refractivity contribution >= 4 is 21.4 Å². The summed E-state index contributed by atoms with van der Waals surface area (Å²) >= 11 is 0. The maximum atomic E-state index is 12.4. The van der Waals surface area contributed by atoms with Crippen LogP contribution in [0.2, 0.25) is 0 Å². The highest BCUT2D eigenvalue weighted by molar-refractivity contribution is 7.92. The van der Waals surface area contributed by atoms with Gasteiger partial charge in [0, 0.05) is 12.7 Å².